The quantitative estimate of drug-likeness (QED) is 0.519. The van der Waals surface area contributed by atoms with Crippen molar-refractivity contribution in [3.05, 3.63) is 52.4 Å². The van der Waals surface area contributed by atoms with Gasteiger partial charge >= 0.3 is 5.97 Å². The molecular weight excluding hydrogens is 362 g/mol. The van der Waals surface area contributed by atoms with Crippen LogP contribution in [-0.4, -0.2) is 36.9 Å². The molecule has 0 aliphatic rings. The third kappa shape index (κ3) is 6.08. The van der Waals surface area contributed by atoms with Crippen molar-refractivity contribution in [2.45, 2.75) is 39.3 Å². The van der Waals surface area contributed by atoms with Gasteiger partial charge in [-0.05, 0) is 36.7 Å². The molecule has 0 atom stereocenters. The Morgan fingerprint density at radius 1 is 1.19 bits per heavy atom. The van der Waals surface area contributed by atoms with E-state index >= 15 is 0 Å². The summed E-state index contributed by atoms with van der Waals surface area (Å²) in [5.74, 6) is -0.385. The van der Waals surface area contributed by atoms with Crippen molar-refractivity contribution in [2.75, 3.05) is 13.2 Å². The van der Waals surface area contributed by atoms with Crippen LogP contribution in [0, 0.1) is 0 Å². The van der Waals surface area contributed by atoms with E-state index in [9.17, 15) is 14.7 Å². The molecule has 0 bridgehead atoms. The maximum atomic E-state index is 12.8. The highest BCUT2D eigenvalue weighted by Gasteiger charge is 2.15. The highest BCUT2D eigenvalue weighted by molar-refractivity contribution is 6.76. The summed E-state index contributed by atoms with van der Waals surface area (Å²) in [6.45, 7) is 9.78. The number of rotatable bonds is 9. The fourth-order valence-electron chi connectivity index (χ4n) is 2.49. The van der Waals surface area contributed by atoms with Gasteiger partial charge in [0.05, 0.1) is 12.2 Å². The third-order valence-electron chi connectivity index (χ3n) is 4.04. The lowest BCUT2D eigenvalue weighted by Crippen LogP contribution is -2.26. The molecule has 2 aromatic rings. The molecule has 1 heterocycles. The van der Waals surface area contributed by atoms with Gasteiger partial charge in [0.25, 0.3) is 5.56 Å². The predicted octanol–water partition coefficient (Wildman–Crippen LogP) is 3.92. The molecule has 1 N–H and O–H groups in total. The summed E-state index contributed by atoms with van der Waals surface area (Å²) in [5, 5.41) is 9.39. The Morgan fingerprint density at radius 2 is 1.85 bits per heavy atom. The van der Waals surface area contributed by atoms with Crippen molar-refractivity contribution in [1.82, 2.24) is 4.57 Å². The largest absolute Gasteiger partial charge is 0.494 e. The van der Waals surface area contributed by atoms with Gasteiger partial charge in [-0.25, -0.2) is 4.79 Å². The fourth-order valence-corrected chi connectivity index (χ4v) is 3.25. The number of hydrogen-bond donors (Lipinski definition) is 1. The summed E-state index contributed by atoms with van der Waals surface area (Å²) in [6.07, 6.45) is 1.33. The van der Waals surface area contributed by atoms with Crippen LogP contribution < -0.4 is 10.3 Å². The van der Waals surface area contributed by atoms with Gasteiger partial charge < -0.3 is 14.6 Å². The van der Waals surface area contributed by atoms with Crippen molar-refractivity contribution in [2.24, 2.45) is 0 Å². The van der Waals surface area contributed by atoms with E-state index in [2.05, 4.69) is 19.6 Å². The number of pyridine rings is 1. The lowest BCUT2D eigenvalue weighted by Gasteiger charge is -2.16. The molecule has 0 amide bonds. The summed E-state index contributed by atoms with van der Waals surface area (Å²) in [6, 6.07) is 9.42. The maximum Gasteiger partial charge on any atom is 0.337 e. The first-order valence-corrected chi connectivity index (χ1v) is 12.7. The maximum absolute atomic E-state index is 12.8. The zero-order valence-electron chi connectivity index (χ0n) is 16.3. The Hall–Kier alpha value is -2.38. The van der Waals surface area contributed by atoms with Gasteiger partial charge in [0.2, 0.25) is 0 Å². The molecule has 6 nitrogen and oxygen atoms in total. The van der Waals surface area contributed by atoms with E-state index in [1.807, 2.05) is 6.92 Å². The second kappa shape index (κ2) is 9.01. The SMILES string of the molecule is CCOc1ccc(-c2cc(C(=O)O)cn(COCC[Si](C)(C)C)c2=O)cc1. The molecule has 1 aromatic heterocycles. The summed E-state index contributed by atoms with van der Waals surface area (Å²) in [4.78, 5) is 24.3. The molecule has 1 aromatic carbocycles. The number of benzene rings is 1. The third-order valence-corrected chi connectivity index (χ3v) is 5.74. The second-order valence-electron chi connectivity index (χ2n) is 7.53. The molecular formula is C20H27NO5Si. The van der Waals surface area contributed by atoms with Gasteiger partial charge in [-0.3, -0.25) is 9.36 Å². The van der Waals surface area contributed by atoms with Gasteiger partial charge in [-0.1, -0.05) is 31.8 Å². The van der Waals surface area contributed by atoms with Gasteiger partial charge in [-0.2, -0.15) is 0 Å². The Balaban J connectivity index is 2.30. The summed E-state index contributed by atoms with van der Waals surface area (Å²) >= 11 is 0. The van der Waals surface area contributed by atoms with E-state index in [4.69, 9.17) is 9.47 Å². The average Bonchev–Trinajstić information content (AvgIpc) is 2.60. The van der Waals surface area contributed by atoms with Crippen LogP contribution in [-0.2, 0) is 11.5 Å². The molecule has 0 saturated carbocycles. The lowest BCUT2D eigenvalue weighted by molar-refractivity contribution is 0.0688. The van der Waals surface area contributed by atoms with E-state index in [1.165, 1.54) is 16.8 Å². The Labute approximate surface area is 160 Å². The summed E-state index contributed by atoms with van der Waals surface area (Å²) in [5.41, 5.74) is 0.735. The Kier molecular flexibility index (Phi) is 6.98. The number of ether oxygens (including phenoxy) is 2. The van der Waals surface area contributed by atoms with Gasteiger partial charge in [0.1, 0.15) is 12.5 Å². The van der Waals surface area contributed by atoms with Crippen molar-refractivity contribution in [1.29, 1.82) is 0 Å². The van der Waals surface area contributed by atoms with Crippen molar-refractivity contribution in [3.63, 3.8) is 0 Å². The Bertz CT molecular complexity index is 837. The van der Waals surface area contributed by atoms with Gasteiger partial charge in [0, 0.05) is 26.4 Å². The molecule has 27 heavy (non-hydrogen) atoms. The normalized spacial score (nSPS) is 11.4. The monoisotopic (exact) mass is 389 g/mol. The van der Waals surface area contributed by atoms with Crippen LogP contribution in [0.2, 0.25) is 25.7 Å². The van der Waals surface area contributed by atoms with Gasteiger partial charge in [-0.15, -0.1) is 0 Å². The van der Waals surface area contributed by atoms with Crippen molar-refractivity contribution in [3.8, 4) is 16.9 Å². The van der Waals surface area contributed by atoms with Crippen molar-refractivity contribution < 1.29 is 19.4 Å². The first kappa shape index (κ1) is 20.9. The lowest BCUT2D eigenvalue weighted by atomic mass is 10.1. The molecule has 0 fully saturated rings. The van der Waals surface area contributed by atoms with Crippen LogP contribution in [0.3, 0.4) is 0 Å². The topological polar surface area (TPSA) is 77.8 Å². The van der Waals surface area contributed by atoms with E-state index < -0.39 is 14.0 Å². The summed E-state index contributed by atoms with van der Waals surface area (Å²) < 4.78 is 12.4. The fraction of sp³-hybridized carbons (Fsp3) is 0.400. The minimum atomic E-state index is -1.23. The highest BCUT2D eigenvalue weighted by Crippen LogP contribution is 2.21. The first-order chi connectivity index (χ1) is 12.7. The number of carboxylic acid groups (broad SMARTS) is 1. The molecule has 0 radical (unpaired) electrons. The second-order valence-corrected chi connectivity index (χ2v) is 13.1. The number of carbonyl (C=O) groups is 1. The number of hydrogen-bond acceptors (Lipinski definition) is 4. The first-order valence-electron chi connectivity index (χ1n) is 9.00. The smallest absolute Gasteiger partial charge is 0.337 e. The highest BCUT2D eigenvalue weighted by atomic mass is 28.3. The van der Waals surface area contributed by atoms with E-state index in [0.717, 1.165) is 6.04 Å². The zero-order valence-corrected chi connectivity index (χ0v) is 17.3. The zero-order chi connectivity index (χ0) is 20.0. The molecule has 2 rings (SSSR count). The van der Waals surface area contributed by atoms with Crippen LogP contribution in [0.15, 0.2) is 41.3 Å². The van der Waals surface area contributed by atoms with Crippen LogP contribution in [0.1, 0.15) is 17.3 Å². The van der Waals surface area contributed by atoms with E-state index in [-0.39, 0.29) is 17.9 Å². The number of nitrogens with zero attached hydrogens (tertiary/aromatic N) is 1. The molecule has 0 aliphatic heterocycles. The van der Waals surface area contributed by atoms with E-state index in [1.54, 1.807) is 24.3 Å². The van der Waals surface area contributed by atoms with Crippen LogP contribution in [0.25, 0.3) is 11.1 Å². The van der Waals surface area contributed by atoms with Gasteiger partial charge in [0.15, 0.2) is 0 Å². The Morgan fingerprint density at radius 3 is 2.41 bits per heavy atom. The van der Waals surface area contributed by atoms with E-state index in [0.29, 0.717) is 30.1 Å². The predicted molar refractivity (Wildman–Crippen MR) is 108 cm³/mol. The molecule has 0 aliphatic carbocycles. The van der Waals surface area contributed by atoms with Crippen molar-refractivity contribution >= 4 is 14.0 Å². The number of carboxylic acids is 1. The summed E-state index contributed by atoms with van der Waals surface area (Å²) in [7, 11) is -1.23. The molecule has 0 unspecified atom stereocenters. The standard InChI is InChI=1S/C20H27NO5Si/c1-5-26-17-8-6-15(7-9-17)18-12-16(20(23)24)13-21(19(18)22)14-25-10-11-27(2,3)4/h6-9,12-13H,5,10-11,14H2,1-4H3,(H,23,24). The average molecular weight is 390 g/mol. The molecule has 7 heteroatoms. The minimum Gasteiger partial charge on any atom is -0.494 e. The minimum absolute atomic E-state index is 0.0362. The number of aromatic carboxylic acids is 1. The molecule has 0 spiro atoms. The van der Waals surface area contributed by atoms with Crippen LogP contribution in [0.5, 0.6) is 5.75 Å². The van der Waals surface area contributed by atoms with Crippen LogP contribution >= 0.6 is 0 Å². The molecule has 146 valence electrons. The number of aromatic nitrogens is 1. The van der Waals surface area contributed by atoms with Crippen LogP contribution in [0.4, 0.5) is 0 Å². The molecule has 0 saturated heterocycles.